The molecule has 1 aliphatic rings. The van der Waals surface area contributed by atoms with Crippen LogP contribution in [0.2, 0.25) is 0 Å². The van der Waals surface area contributed by atoms with Crippen LogP contribution >= 0.6 is 23.1 Å². The summed E-state index contributed by atoms with van der Waals surface area (Å²) in [5, 5.41) is 6.28. The number of carbonyl (C=O) groups is 1. The van der Waals surface area contributed by atoms with Crippen molar-refractivity contribution < 1.29 is 4.79 Å². The molecule has 3 rings (SSSR count). The van der Waals surface area contributed by atoms with Gasteiger partial charge in [0, 0.05) is 16.6 Å². The van der Waals surface area contributed by atoms with Crippen molar-refractivity contribution in [2.45, 2.75) is 70.6 Å². The minimum absolute atomic E-state index is 0.0818. The van der Waals surface area contributed by atoms with E-state index in [9.17, 15) is 4.79 Å². The first kappa shape index (κ1) is 19.5. The average molecular weight is 392 g/mol. The second kappa shape index (κ2) is 8.61. The van der Waals surface area contributed by atoms with E-state index in [1.165, 1.54) is 36.3 Å². The van der Waals surface area contributed by atoms with Gasteiger partial charge >= 0.3 is 0 Å². The first-order valence-electron chi connectivity index (χ1n) is 9.48. The van der Waals surface area contributed by atoms with Gasteiger partial charge in [-0.15, -0.1) is 11.3 Å². The van der Waals surface area contributed by atoms with E-state index in [0.29, 0.717) is 17.7 Å². The highest BCUT2D eigenvalue weighted by Crippen LogP contribution is 2.35. The number of thiophene rings is 1. The quantitative estimate of drug-likeness (QED) is 0.653. The third-order valence-electron chi connectivity index (χ3n) is 5.21. The molecule has 2 heterocycles. The van der Waals surface area contributed by atoms with Gasteiger partial charge in [0.1, 0.15) is 0 Å². The van der Waals surface area contributed by atoms with Gasteiger partial charge < -0.3 is 9.88 Å². The summed E-state index contributed by atoms with van der Waals surface area (Å²) in [7, 11) is 0. The maximum atomic E-state index is 12.6. The summed E-state index contributed by atoms with van der Waals surface area (Å²) in [5.41, 5.74) is 2.33. The highest BCUT2D eigenvalue weighted by Gasteiger charge is 2.24. The van der Waals surface area contributed by atoms with Crippen molar-refractivity contribution in [2.24, 2.45) is 5.92 Å². The van der Waals surface area contributed by atoms with Crippen LogP contribution in [0.5, 0.6) is 0 Å². The Morgan fingerprint density at radius 3 is 2.73 bits per heavy atom. The second-order valence-electron chi connectivity index (χ2n) is 7.47. The molecule has 1 fully saturated rings. The predicted octanol–water partition coefficient (Wildman–Crippen LogP) is 5.28. The molecule has 142 valence electrons. The number of imidazole rings is 1. The van der Waals surface area contributed by atoms with Crippen LogP contribution < -0.4 is 5.32 Å². The number of nitrogens with zero attached hydrogens (tertiary/aromatic N) is 2. The number of carbonyl (C=O) groups excluding carboxylic acids is 1. The van der Waals surface area contributed by atoms with Gasteiger partial charge in [0.25, 0.3) is 0 Å². The first-order valence-corrected chi connectivity index (χ1v) is 11.3. The highest BCUT2D eigenvalue weighted by atomic mass is 32.2. The number of aromatic nitrogens is 2. The van der Waals surface area contributed by atoms with E-state index in [0.717, 1.165) is 10.9 Å². The first-order chi connectivity index (χ1) is 12.5. The third-order valence-corrected chi connectivity index (χ3v) is 7.12. The summed E-state index contributed by atoms with van der Waals surface area (Å²) in [4.78, 5) is 18.5. The molecule has 1 amide bonds. The number of thioether (sulfide) groups is 1. The van der Waals surface area contributed by atoms with Gasteiger partial charge in [0.05, 0.1) is 17.5 Å². The monoisotopic (exact) mass is 391 g/mol. The zero-order valence-corrected chi connectivity index (χ0v) is 17.8. The van der Waals surface area contributed by atoms with Crippen LogP contribution in [-0.2, 0) is 4.79 Å². The number of aryl methyl sites for hydroxylation is 1. The molecular weight excluding hydrogens is 362 g/mol. The molecule has 26 heavy (non-hydrogen) atoms. The molecule has 2 aromatic heterocycles. The molecule has 1 atom stereocenters. The number of hydrogen-bond donors (Lipinski definition) is 1. The molecule has 1 unspecified atom stereocenters. The van der Waals surface area contributed by atoms with Gasteiger partial charge in [-0.1, -0.05) is 44.5 Å². The van der Waals surface area contributed by atoms with Crippen molar-refractivity contribution in [3.05, 3.63) is 33.8 Å². The maximum absolute atomic E-state index is 12.6. The molecule has 0 spiro atoms. The van der Waals surface area contributed by atoms with Crippen LogP contribution in [0.3, 0.4) is 0 Å². The van der Waals surface area contributed by atoms with E-state index in [1.54, 1.807) is 23.1 Å². The van der Waals surface area contributed by atoms with E-state index in [2.05, 4.69) is 49.0 Å². The van der Waals surface area contributed by atoms with Gasteiger partial charge in [0.2, 0.25) is 5.91 Å². The minimum Gasteiger partial charge on any atom is -0.347 e. The smallest absolute Gasteiger partial charge is 0.230 e. The summed E-state index contributed by atoms with van der Waals surface area (Å²) in [6.45, 7) is 8.52. The molecule has 0 aromatic carbocycles. The Kier molecular flexibility index (Phi) is 6.46. The van der Waals surface area contributed by atoms with Crippen LogP contribution in [0.25, 0.3) is 0 Å². The molecule has 4 nitrogen and oxygen atoms in total. The minimum atomic E-state index is 0.0818. The number of rotatable bonds is 7. The van der Waals surface area contributed by atoms with Gasteiger partial charge in [0.15, 0.2) is 5.16 Å². The zero-order chi connectivity index (χ0) is 18.7. The van der Waals surface area contributed by atoms with Crippen molar-refractivity contribution in [1.29, 1.82) is 0 Å². The highest BCUT2D eigenvalue weighted by molar-refractivity contribution is 7.99. The molecule has 0 aliphatic heterocycles. The Hall–Kier alpha value is -1.27. The molecule has 1 aliphatic carbocycles. The fraction of sp³-hybridized carbons (Fsp3) is 0.600. The standard InChI is InChI=1S/C20H29N3OS2/c1-13(2)19(17-10-7-11-25-17)22-18(24)12-26-20-21-14(3)15(4)23(20)16-8-5-6-9-16/h7,10-11,13,16,19H,5-6,8-9,12H2,1-4H3,(H,22,24). The van der Waals surface area contributed by atoms with E-state index in [-0.39, 0.29) is 11.9 Å². The lowest BCUT2D eigenvalue weighted by Gasteiger charge is -2.21. The zero-order valence-electron chi connectivity index (χ0n) is 16.1. The van der Waals surface area contributed by atoms with Crippen LogP contribution in [0.15, 0.2) is 22.7 Å². The Balaban J connectivity index is 1.65. The fourth-order valence-corrected chi connectivity index (χ4v) is 5.59. The van der Waals surface area contributed by atoms with Gasteiger partial charge in [-0.3, -0.25) is 4.79 Å². The fourth-order valence-electron chi connectivity index (χ4n) is 3.67. The molecule has 2 aromatic rings. The van der Waals surface area contributed by atoms with Crippen LogP contribution in [0.4, 0.5) is 0 Å². The normalized spacial score (nSPS) is 16.3. The summed E-state index contributed by atoms with van der Waals surface area (Å²) in [6.07, 6.45) is 5.04. The summed E-state index contributed by atoms with van der Waals surface area (Å²) < 4.78 is 2.37. The summed E-state index contributed by atoms with van der Waals surface area (Å²) in [6, 6.07) is 4.78. The Labute approximate surface area is 164 Å². The van der Waals surface area contributed by atoms with Crippen molar-refractivity contribution in [1.82, 2.24) is 14.9 Å². The van der Waals surface area contributed by atoms with E-state index in [4.69, 9.17) is 4.98 Å². The summed E-state index contributed by atoms with van der Waals surface area (Å²) >= 11 is 3.27. The Morgan fingerprint density at radius 2 is 2.12 bits per heavy atom. The van der Waals surface area contributed by atoms with E-state index >= 15 is 0 Å². The van der Waals surface area contributed by atoms with Crippen molar-refractivity contribution in [3.8, 4) is 0 Å². The molecular formula is C20H29N3OS2. The third kappa shape index (κ3) is 4.34. The topological polar surface area (TPSA) is 46.9 Å². The number of amides is 1. The SMILES string of the molecule is Cc1nc(SCC(=O)NC(c2cccs2)C(C)C)n(C2CCCC2)c1C. The van der Waals surface area contributed by atoms with Gasteiger partial charge in [-0.2, -0.15) is 0 Å². The molecule has 6 heteroatoms. The van der Waals surface area contributed by atoms with Crippen molar-refractivity contribution in [3.63, 3.8) is 0 Å². The van der Waals surface area contributed by atoms with E-state index < -0.39 is 0 Å². The summed E-state index contributed by atoms with van der Waals surface area (Å²) in [5.74, 6) is 0.864. The van der Waals surface area contributed by atoms with Crippen LogP contribution in [0, 0.1) is 19.8 Å². The molecule has 0 bridgehead atoms. The van der Waals surface area contributed by atoms with E-state index in [1.807, 2.05) is 6.07 Å². The van der Waals surface area contributed by atoms with Crippen molar-refractivity contribution >= 4 is 29.0 Å². The Morgan fingerprint density at radius 1 is 1.38 bits per heavy atom. The lowest BCUT2D eigenvalue weighted by atomic mass is 10.0. The largest absolute Gasteiger partial charge is 0.347 e. The maximum Gasteiger partial charge on any atom is 0.230 e. The van der Waals surface area contributed by atoms with Crippen LogP contribution in [0.1, 0.15) is 67.9 Å². The molecule has 1 N–H and O–H groups in total. The van der Waals surface area contributed by atoms with Crippen LogP contribution in [-0.4, -0.2) is 21.2 Å². The Bertz CT molecular complexity index is 731. The second-order valence-corrected chi connectivity index (χ2v) is 9.39. The molecule has 0 radical (unpaired) electrons. The lowest BCUT2D eigenvalue weighted by Crippen LogP contribution is -2.32. The number of nitrogens with one attached hydrogen (secondary N) is 1. The van der Waals surface area contributed by atoms with Gasteiger partial charge in [-0.25, -0.2) is 4.98 Å². The molecule has 1 saturated carbocycles. The number of hydrogen-bond acceptors (Lipinski definition) is 4. The van der Waals surface area contributed by atoms with Crippen molar-refractivity contribution in [2.75, 3.05) is 5.75 Å². The average Bonchev–Trinajstić information content (AvgIpc) is 3.33. The van der Waals surface area contributed by atoms with Gasteiger partial charge in [-0.05, 0) is 44.1 Å². The predicted molar refractivity (Wildman–Crippen MR) is 110 cm³/mol. The lowest BCUT2D eigenvalue weighted by molar-refractivity contribution is -0.119. The molecule has 0 saturated heterocycles.